The van der Waals surface area contributed by atoms with Crippen LogP contribution in [0.3, 0.4) is 0 Å². The van der Waals surface area contributed by atoms with Gasteiger partial charge in [-0.15, -0.1) is 0 Å². The molecule has 0 heterocycles. The molecule has 0 fully saturated rings. The third kappa shape index (κ3) is 7.44. The van der Waals surface area contributed by atoms with Gasteiger partial charge in [-0.3, -0.25) is 13.9 Å². The van der Waals surface area contributed by atoms with Crippen molar-refractivity contribution >= 4 is 27.5 Å². The lowest BCUT2D eigenvalue weighted by atomic mass is 10.1. The topological polar surface area (TPSA) is 86.8 Å². The maximum absolute atomic E-state index is 13.9. The summed E-state index contributed by atoms with van der Waals surface area (Å²) < 4.78 is 42.4. The second-order valence-corrected chi connectivity index (χ2v) is 11.6. The van der Waals surface area contributed by atoms with Crippen LogP contribution in [-0.4, -0.2) is 44.3 Å². The van der Waals surface area contributed by atoms with E-state index in [1.807, 2.05) is 33.8 Å². The van der Waals surface area contributed by atoms with E-state index in [0.29, 0.717) is 17.8 Å². The molecule has 0 aromatic heterocycles. The van der Waals surface area contributed by atoms with Crippen molar-refractivity contribution in [3.05, 3.63) is 94.8 Å². The van der Waals surface area contributed by atoms with Gasteiger partial charge in [0.1, 0.15) is 18.4 Å². The molecule has 0 bridgehead atoms. The molecule has 208 valence electrons. The lowest BCUT2D eigenvalue weighted by molar-refractivity contribution is -0.139. The fourth-order valence-corrected chi connectivity index (χ4v) is 5.42. The number of nitrogens with zero attached hydrogens (tertiary/aromatic N) is 2. The molecule has 0 spiro atoms. The first-order valence-corrected chi connectivity index (χ1v) is 14.4. The molecule has 2 amide bonds. The van der Waals surface area contributed by atoms with Gasteiger partial charge >= 0.3 is 0 Å². The van der Waals surface area contributed by atoms with E-state index in [0.717, 1.165) is 27.4 Å². The summed E-state index contributed by atoms with van der Waals surface area (Å²) in [4.78, 5) is 28.1. The Kier molecular flexibility index (Phi) is 9.86. The molecule has 0 aliphatic rings. The van der Waals surface area contributed by atoms with E-state index in [2.05, 4.69) is 5.32 Å². The van der Waals surface area contributed by atoms with Crippen molar-refractivity contribution in [3.63, 3.8) is 0 Å². The second kappa shape index (κ2) is 12.9. The van der Waals surface area contributed by atoms with Crippen molar-refractivity contribution in [3.8, 4) is 0 Å². The second-order valence-electron chi connectivity index (χ2n) is 9.71. The van der Waals surface area contributed by atoms with E-state index in [1.165, 1.54) is 41.3 Å². The molecule has 0 aliphatic heterocycles. The summed E-state index contributed by atoms with van der Waals surface area (Å²) in [6.45, 7) is 9.10. The standard InChI is InChI=1S/C30H36FN3O4S/c1-6-17-32-30(36)24(5)33(19-25-10-12-26(31)13-11-25)29(35)20-34(27-14-9-22(3)23(4)18-27)39(37,38)28-15-7-21(2)8-16-28/h7-16,18,24H,6,17,19-20H2,1-5H3,(H,32,36)/t24-/m0/s1. The molecule has 0 saturated heterocycles. The lowest BCUT2D eigenvalue weighted by Gasteiger charge is -2.32. The smallest absolute Gasteiger partial charge is 0.264 e. The fourth-order valence-electron chi connectivity index (χ4n) is 4.01. The first-order chi connectivity index (χ1) is 18.4. The Labute approximate surface area is 230 Å². The van der Waals surface area contributed by atoms with E-state index in [1.54, 1.807) is 31.2 Å². The SMILES string of the molecule is CCCNC(=O)[C@H](C)N(Cc1ccc(F)cc1)C(=O)CN(c1ccc(C)c(C)c1)S(=O)(=O)c1ccc(C)cc1. The summed E-state index contributed by atoms with van der Waals surface area (Å²) in [5.74, 6) is -1.34. The van der Waals surface area contributed by atoms with Crippen LogP contribution in [0.2, 0.25) is 0 Å². The van der Waals surface area contributed by atoms with Crippen LogP contribution in [0.5, 0.6) is 0 Å². The van der Waals surface area contributed by atoms with Gasteiger partial charge in [0.15, 0.2) is 0 Å². The maximum Gasteiger partial charge on any atom is 0.264 e. The van der Waals surface area contributed by atoms with Gasteiger partial charge in [-0.25, -0.2) is 12.8 Å². The quantitative estimate of drug-likeness (QED) is 0.366. The Balaban J connectivity index is 2.04. The zero-order chi connectivity index (χ0) is 28.7. The van der Waals surface area contributed by atoms with E-state index in [-0.39, 0.29) is 17.3 Å². The molecule has 3 aromatic carbocycles. The van der Waals surface area contributed by atoms with Crippen LogP contribution < -0.4 is 9.62 Å². The monoisotopic (exact) mass is 553 g/mol. The van der Waals surface area contributed by atoms with Crippen LogP contribution in [0.1, 0.15) is 42.5 Å². The van der Waals surface area contributed by atoms with Crippen LogP contribution in [0.4, 0.5) is 10.1 Å². The molecule has 0 aliphatic carbocycles. The summed E-state index contributed by atoms with van der Waals surface area (Å²) in [6, 6.07) is 16.4. The van der Waals surface area contributed by atoms with Gasteiger partial charge in [-0.05, 0) is 87.2 Å². The van der Waals surface area contributed by atoms with Crippen molar-refractivity contribution in [2.24, 2.45) is 0 Å². The number of hydrogen-bond acceptors (Lipinski definition) is 4. The Morgan fingerprint density at radius 3 is 2.15 bits per heavy atom. The van der Waals surface area contributed by atoms with Crippen LogP contribution >= 0.6 is 0 Å². The molecule has 0 radical (unpaired) electrons. The molecule has 1 N–H and O–H groups in total. The minimum Gasteiger partial charge on any atom is -0.354 e. The number of nitrogens with one attached hydrogen (secondary N) is 1. The first kappa shape index (κ1) is 29.8. The number of carbonyl (C=O) groups is 2. The molecule has 0 saturated carbocycles. The third-order valence-electron chi connectivity index (χ3n) is 6.65. The normalized spacial score (nSPS) is 12.1. The zero-order valence-electron chi connectivity index (χ0n) is 23.1. The van der Waals surface area contributed by atoms with E-state index in [4.69, 9.17) is 0 Å². The number of anilines is 1. The molecule has 3 aromatic rings. The number of aryl methyl sites for hydroxylation is 3. The summed E-state index contributed by atoms with van der Waals surface area (Å²) in [6.07, 6.45) is 0.722. The first-order valence-electron chi connectivity index (χ1n) is 12.9. The number of carbonyl (C=O) groups excluding carboxylic acids is 2. The summed E-state index contributed by atoms with van der Waals surface area (Å²) in [7, 11) is -4.13. The Morgan fingerprint density at radius 2 is 1.56 bits per heavy atom. The Morgan fingerprint density at radius 1 is 0.923 bits per heavy atom. The molecule has 0 unspecified atom stereocenters. The van der Waals surface area contributed by atoms with Gasteiger partial charge in [0.25, 0.3) is 10.0 Å². The van der Waals surface area contributed by atoms with Crippen molar-refractivity contribution in [2.75, 3.05) is 17.4 Å². The van der Waals surface area contributed by atoms with Crippen molar-refractivity contribution in [1.82, 2.24) is 10.2 Å². The van der Waals surface area contributed by atoms with Crippen molar-refractivity contribution in [2.45, 2.75) is 58.5 Å². The highest BCUT2D eigenvalue weighted by Crippen LogP contribution is 2.27. The lowest BCUT2D eigenvalue weighted by Crippen LogP contribution is -2.51. The number of amides is 2. The van der Waals surface area contributed by atoms with Crippen LogP contribution in [0.25, 0.3) is 0 Å². The average Bonchev–Trinajstić information content (AvgIpc) is 2.91. The average molecular weight is 554 g/mol. The van der Waals surface area contributed by atoms with Gasteiger partial charge < -0.3 is 10.2 Å². The number of sulfonamides is 1. The van der Waals surface area contributed by atoms with E-state index in [9.17, 15) is 22.4 Å². The summed E-state index contributed by atoms with van der Waals surface area (Å²) in [5, 5.41) is 2.80. The largest absolute Gasteiger partial charge is 0.354 e. The molecular formula is C30H36FN3O4S. The van der Waals surface area contributed by atoms with Crippen LogP contribution in [0.15, 0.2) is 71.6 Å². The Bertz CT molecular complexity index is 1410. The fraction of sp³-hybridized carbons (Fsp3) is 0.333. The minimum atomic E-state index is -4.13. The summed E-state index contributed by atoms with van der Waals surface area (Å²) >= 11 is 0. The predicted molar refractivity (Wildman–Crippen MR) is 151 cm³/mol. The minimum absolute atomic E-state index is 0.00513. The van der Waals surface area contributed by atoms with Gasteiger partial charge in [-0.1, -0.05) is 42.8 Å². The van der Waals surface area contributed by atoms with Crippen molar-refractivity contribution < 1.29 is 22.4 Å². The molecular weight excluding hydrogens is 517 g/mol. The highest BCUT2D eigenvalue weighted by atomic mass is 32.2. The highest BCUT2D eigenvalue weighted by Gasteiger charge is 2.32. The predicted octanol–water partition coefficient (Wildman–Crippen LogP) is 4.89. The molecule has 1 atom stereocenters. The van der Waals surface area contributed by atoms with Gasteiger partial charge in [0.05, 0.1) is 10.6 Å². The molecule has 9 heteroatoms. The highest BCUT2D eigenvalue weighted by molar-refractivity contribution is 7.92. The number of hydrogen-bond donors (Lipinski definition) is 1. The molecule has 39 heavy (non-hydrogen) atoms. The van der Waals surface area contributed by atoms with Crippen LogP contribution in [-0.2, 0) is 26.2 Å². The van der Waals surface area contributed by atoms with Crippen LogP contribution in [0, 0.1) is 26.6 Å². The number of benzene rings is 3. The third-order valence-corrected chi connectivity index (χ3v) is 8.44. The van der Waals surface area contributed by atoms with Gasteiger partial charge in [0.2, 0.25) is 11.8 Å². The number of halogens is 1. The zero-order valence-corrected chi connectivity index (χ0v) is 23.9. The molecule has 3 rings (SSSR count). The number of rotatable bonds is 11. The van der Waals surface area contributed by atoms with E-state index < -0.39 is 34.3 Å². The summed E-state index contributed by atoms with van der Waals surface area (Å²) in [5.41, 5.74) is 3.72. The van der Waals surface area contributed by atoms with Gasteiger partial charge in [0, 0.05) is 13.1 Å². The van der Waals surface area contributed by atoms with Crippen molar-refractivity contribution in [1.29, 1.82) is 0 Å². The molecule has 7 nitrogen and oxygen atoms in total. The van der Waals surface area contributed by atoms with E-state index >= 15 is 0 Å². The maximum atomic E-state index is 13.9. The Hall–Kier alpha value is -3.72. The van der Waals surface area contributed by atoms with Gasteiger partial charge in [-0.2, -0.15) is 0 Å².